The average Bonchev–Trinajstić information content (AvgIpc) is 3.83. The van der Waals surface area contributed by atoms with Crippen LogP contribution in [-0.2, 0) is 25.5 Å². The summed E-state index contributed by atoms with van der Waals surface area (Å²) in [7, 11) is 1.50. The number of methoxy groups -OCH3 is 1. The number of halogens is 3. The predicted molar refractivity (Wildman–Crippen MR) is 193 cm³/mol. The monoisotopic (exact) mass is 744 g/mol. The molecule has 1 aliphatic carbocycles. The number of rotatable bonds is 13. The Bertz CT molecular complexity index is 1710. The number of thiophene rings is 1. The van der Waals surface area contributed by atoms with E-state index in [9.17, 15) is 27.6 Å². The normalized spacial score (nSPS) is 21.9. The first-order valence-corrected chi connectivity index (χ1v) is 19.0. The largest absolute Gasteiger partial charge is 0.495 e. The molecule has 1 saturated carbocycles. The molecule has 3 heterocycles. The summed E-state index contributed by atoms with van der Waals surface area (Å²) in [6.45, 7) is 3.04. The summed E-state index contributed by atoms with van der Waals surface area (Å²) in [6, 6.07) is 12.9. The summed E-state index contributed by atoms with van der Waals surface area (Å²) in [5.74, 6) is -2.04. The number of amides is 1. The molecule has 3 aromatic rings. The molecule has 1 atom stereocenters. The highest BCUT2D eigenvalue weighted by molar-refractivity contribution is 7.17. The number of likely N-dealkylation sites (tertiary alicyclic amines) is 1. The Morgan fingerprint density at radius 3 is 2.29 bits per heavy atom. The molecule has 10 nitrogen and oxygen atoms in total. The number of esters is 1. The molecule has 1 aromatic heterocycles. The Labute approximate surface area is 306 Å². The number of benzene rings is 2. The van der Waals surface area contributed by atoms with Crippen LogP contribution in [0.25, 0.3) is 10.1 Å². The van der Waals surface area contributed by atoms with Crippen LogP contribution in [-0.4, -0.2) is 110 Å². The van der Waals surface area contributed by atoms with Gasteiger partial charge in [-0.25, -0.2) is 0 Å². The second-order valence-corrected chi connectivity index (χ2v) is 14.7. The predicted octanol–water partition coefficient (Wildman–Crippen LogP) is 6.34. The van der Waals surface area contributed by atoms with Gasteiger partial charge in [0, 0.05) is 61.2 Å². The van der Waals surface area contributed by atoms with Crippen LogP contribution in [0, 0.1) is 5.92 Å². The van der Waals surface area contributed by atoms with E-state index in [0.717, 1.165) is 22.9 Å². The molecule has 0 radical (unpaired) electrons. The number of hydrogen-bond acceptors (Lipinski definition) is 10. The molecular weight excluding hydrogens is 698 g/mol. The second kappa shape index (κ2) is 16.6. The fraction of sp³-hybridized carbons (Fsp3) is 0.553. The van der Waals surface area contributed by atoms with Crippen LogP contribution in [0.4, 0.5) is 18.9 Å². The van der Waals surface area contributed by atoms with E-state index in [2.05, 4.69) is 10.2 Å². The molecule has 0 bridgehead atoms. The number of alkyl halides is 3. The van der Waals surface area contributed by atoms with Gasteiger partial charge in [0.05, 0.1) is 43.5 Å². The van der Waals surface area contributed by atoms with E-state index >= 15 is 0 Å². The van der Waals surface area contributed by atoms with Gasteiger partial charge in [0.1, 0.15) is 5.75 Å². The molecule has 52 heavy (non-hydrogen) atoms. The van der Waals surface area contributed by atoms with Gasteiger partial charge in [-0.15, -0.1) is 11.3 Å². The van der Waals surface area contributed by atoms with Gasteiger partial charge in [0.15, 0.2) is 5.78 Å². The zero-order valence-corrected chi connectivity index (χ0v) is 30.5. The number of nitrogens with zero attached hydrogens (tertiary/aromatic N) is 3. The molecule has 1 unspecified atom stereocenters. The van der Waals surface area contributed by atoms with Gasteiger partial charge in [0.25, 0.3) is 5.91 Å². The van der Waals surface area contributed by atoms with Gasteiger partial charge in [-0.3, -0.25) is 29.1 Å². The Balaban J connectivity index is 1.25. The Hall–Kier alpha value is -3.56. The topological polar surface area (TPSA) is 101 Å². The first-order chi connectivity index (χ1) is 25.0. The number of nitrogens with one attached hydrogen (secondary N) is 1. The van der Waals surface area contributed by atoms with Crippen molar-refractivity contribution in [2.75, 3.05) is 64.8 Å². The van der Waals surface area contributed by atoms with Gasteiger partial charge in [-0.2, -0.15) is 13.2 Å². The van der Waals surface area contributed by atoms with Gasteiger partial charge in [0.2, 0.25) is 5.85 Å². The third-order valence-electron chi connectivity index (χ3n) is 10.3. The molecule has 14 heteroatoms. The number of piperazine rings is 1. The maximum Gasteiger partial charge on any atom is 0.401 e. The van der Waals surface area contributed by atoms with E-state index in [1.807, 2.05) is 34.5 Å². The van der Waals surface area contributed by atoms with Crippen LogP contribution in [0.15, 0.2) is 47.8 Å². The van der Waals surface area contributed by atoms with E-state index in [4.69, 9.17) is 14.2 Å². The molecule has 0 spiro atoms. The number of anilines is 1. The average molecular weight is 745 g/mol. The highest BCUT2D eigenvalue weighted by atomic mass is 32.1. The molecule has 2 saturated heterocycles. The fourth-order valence-corrected chi connectivity index (χ4v) is 8.69. The van der Waals surface area contributed by atoms with Crippen molar-refractivity contribution in [1.82, 2.24) is 14.7 Å². The van der Waals surface area contributed by atoms with E-state index in [1.54, 1.807) is 25.1 Å². The molecule has 3 fully saturated rings. The lowest BCUT2D eigenvalue weighted by molar-refractivity contribution is -0.262. The van der Waals surface area contributed by atoms with Crippen molar-refractivity contribution >= 4 is 44.8 Å². The second-order valence-electron chi connectivity index (χ2n) is 13.8. The highest BCUT2D eigenvalue weighted by Gasteiger charge is 2.53. The van der Waals surface area contributed by atoms with Crippen LogP contribution in [0.3, 0.4) is 0 Å². The van der Waals surface area contributed by atoms with Crippen LogP contribution in [0.5, 0.6) is 5.75 Å². The molecule has 282 valence electrons. The van der Waals surface area contributed by atoms with Crippen LogP contribution in [0.2, 0.25) is 0 Å². The van der Waals surface area contributed by atoms with Crippen molar-refractivity contribution in [2.24, 2.45) is 5.92 Å². The Morgan fingerprint density at radius 2 is 1.62 bits per heavy atom. The number of Topliss-reactive ketones (excluding diaryl/α,β-unsaturated/α-hetero) is 1. The SMILES string of the molecule is CCOC(=O)C1CCC(OC(C(=O)Cc2ccc(NC(=O)c3csc4ccccc34)c(OC)c2)(N2CCCC2)N2CCN(CC(F)(F)F)CC2)CC1. The fourth-order valence-electron chi connectivity index (χ4n) is 7.75. The smallest absolute Gasteiger partial charge is 0.401 e. The third-order valence-corrected chi connectivity index (χ3v) is 11.3. The van der Waals surface area contributed by atoms with Crippen LogP contribution < -0.4 is 10.1 Å². The maximum atomic E-state index is 14.9. The quantitative estimate of drug-likeness (QED) is 0.201. The molecule has 1 N–H and O–H groups in total. The summed E-state index contributed by atoms with van der Waals surface area (Å²) in [4.78, 5) is 46.1. The lowest BCUT2D eigenvalue weighted by Gasteiger charge is -2.52. The first-order valence-electron chi connectivity index (χ1n) is 18.1. The van der Waals surface area contributed by atoms with Crippen molar-refractivity contribution in [3.63, 3.8) is 0 Å². The van der Waals surface area contributed by atoms with Crippen LogP contribution >= 0.6 is 11.3 Å². The van der Waals surface area contributed by atoms with E-state index in [0.29, 0.717) is 67.9 Å². The summed E-state index contributed by atoms with van der Waals surface area (Å²) in [5, 5.41) is 5.64. The number of fused-ring (bicyclic) bond motifs is 1. The molecular formula is C38H47F3N4O6S. The van der Waals surface area contributed by atoms with Crippen molar-refractivity contribution in [2.45, 2.75) is 70.0 Å². The highest BCUT2D eigenvalue weighted by Crippen LogP contribution is 2.38. The Kier molecular flexibility index (Phi) is 12.2. The van der Waals surface area contributed by atoms with Gasteiger partial charge in [-0.05, 0) is 69.2 Å². The van der Waals surface area contributed by atoms with E-state index in [1.165, 1.54) is 23.3 Å². The molecule has 1 amide bonds. The van der Waals surface area contributed by atoms with Crippen molar-refractivity contribution in [3.05, 3.63) is 59.0 Å². The standard InChI is InChI=1S/C38H47F3N4O6S/c1-3-50-36(48)27-11-13-28(14-12-27)51-38(44-16-6-7-17-44,45-20-18-43(19-21-45)25-37(39,40)41)34(46)23-26-10-15-31(32(22-26)49-2)42-35(47)30-24-52-33-9-5-4-8-29(30)33/h4-5,8-10,15,22,24,27-28H,3,6-7,11-14,16-21,23,25H2,1-2H3,(H,42,47). The number of carbonyl (C=O) groups excluding carboxylic acids is 3. The van der Waals surface area contributed by atoms with Crippen molar-refractivity contribution in [1.29, 1.82) is 0 Å². The van der Waals surface area contributed by atoms with E-state index < -0.39 is 18.6 Å². The van der Waals surface area contributed by atoms with Crippen molar-refractivity contribution in [3.8, 4) is 5.75 Å². The molecule has 3 aliphatic rings. The molecule has 6 rings (SSSR count). The van der Waals surface area contributed by atoms with E-state index in [-0.39, 0.29) is 62.3 Å². The summed E-state index contributed by atoms with van der Waals surface area (Å²) in [5.41, 5.74) is 1.66. The molecule has 2 aliphatic heterocycles. The minimum atomic E-state index is -4.32. The van der Waals surface area contributed by atoms with Crippen LogP contribution in [0.1, 0.15) is 61.4 Å². The zero-order valence-electron chi connectivity index (χ0n) is 29.7. The number of ether oxygens (including phenoxy) is 3. The minimum absolute atomic E-state index is 0.0306. The third kappa shape index (κ3) is 8.62. The summed E-state index contributed by atoms with van der Waals surface area (Å²) < 4.78 is 58.9. The minimum Gasteiger partial charge on any atom is -0.495 e. The summed E-state index contributed by atoms with van der Waals surface area (Å²) in [6.07, 6.45) is -0.699. The number of hydrogen-bond donors (Lipinski definition) is 1. The van der Waals surface area contributed by atoms with Gasteiger partial charge < -0.3 is 19.5 Å². The Morgan fingerprint density at radius 1 is 0.923 bits per heavy atom. The summed E-state index contributed by atoms with van der Waals surface area (Å²) >= 11 is 1.49. The lowest BCUT2D eigenvalue weighted by atomic mass is 9.87. The van der Waals surface area contributed by atoms with Crippen molar-refractivity contribution < 1.29 is 41.8 Å². The first kappa shape index (κ1) is 38.2. The molecule has 2 aromatic carbocycles. The number of carbonyl (C=O) groups is 3. The van der Waals surface area contributed by atoms with Gasteiger partial charge >= 0.3 is 12.1 Å². The zero-order chi connectivity index (χ0) is 36.9. The number of ketones is 1. The lowest BCUT2D eigenvalue weighted by Crippen LogP contribution is -2.71. The van der Waals surface area contributed by atoms with Gasteiger partial charge in [-0.1, -0.05) is 24.3 Å². The maximum absolute atomic E-state index is 14.9.